The van der Waals surface area contributed by atoms with E-state index in [0.29, 0.717) is 5.56 Å². The maximum atomic E-state index is 13.1. The summed E-state index contributed by atoms with van der Waals surface area (Å²) in [5, 5.41) is 10.8. The Labute approximate surface area is 111 Å². The number of rotatable bonds is 6. The van der Waals surface area contributed by atoms with Crippen LogP contribution in [0.3, 0.4) is 0 Å². The monoisotopic (exact) mass is 265 g/mol. The molecule has 102 valence electrons. The second-order valence-corrected chi connectivity index (χ2v) is 4.02. The normalized spacial score (nSPS) is 11.5. The van der Waals surface area contributed by atoms with Gasteiger partial charge in [0.05, 0.1) is 12.5 Å². The van der Waals surface area contributed by atoms with E-state index in [9.17, 15) is 9.18 Å². The van der Waals surface area contributed by atoms with Gasteiger partial charge >= 0.3 is 0 Å². The summed E-state index contributed by atoms with van der Waals surface area (Å²) in [5.41, 5.74) is 6.36. The van der Waals surface area contributed by atoms with Crippen molar-refractivity contribution >= 4 is 5.91 Å². The Balaban J connectivity index is 2.59. The fourth-order valence-electron chi connectivity index (χ4n) is 1.46. The van der Waals surface area contributed by atoms with Crippen molar-refractivity contribution in [1.29, 1.82) is 5.26 Å². The molecule has 0 aliphatic carbocycles. The zero-order valence-corrected chi connectivity index (χ0v) is 10.6. The van der Waals surface area contributed by atoms with Crippen LogP contribution in [-0.2, 0) is 4.79 Å². The molecule has 0 saturated heterocycles. The number of nitrogens with one attached hydrogen (secondary N) is 1. The topological polar surface area (TPSA) is 88.1 Å². The minimum atomic E-state index is -0.454. The molecule has 0 aromatic heterocycles. The number of carbonyl (C=O) groups excluding carboxylic acids is 1. The SMILES string of the molecule is CC(N)c1ccc(F)cc1OCC(=O)NCCC#N. The lowest BCUT2D eigenvalue weighted by Crippen LogP contribution is -2.29. The smallest absolute Gasteiger partial charge is 0.257 e. The van der Waals surface area contributed by atoms with Crippen LogP contribution >= 0.6 is 0 Å². The molecule has 1 rings (SSSR count). The molecule has 1 amide bonds. The maximum absolute atomic E-state index is 13.1. The van der Waals surface area contributed by atoms with E-state index in [1.165, 1.54) is 18.2 Å². The summed E-state index contributed by atoms with van der Waals surface area (Å²) in [6, 6.07) is 5.60. The van der Waals surface area contributed by atoms with E-state index >= 15 is 0 Å². The minimum Gasteiger partial charge on any atom is -0.483 e. The maximum Gasteiger partial charge on any atom is 0.257 e. The second kappa shape index (κ2) is 7.34. The Hall–Kier alpha value is -2.13. The molecule has 6 heteroatoms. The Bertz CT molecular complexity index is 483. The third-order valence-electron chi connectivity index (χ3n) is 2.38. The van der Waals surface area contributed by atoms with Gasteiger partial charge in [-0.25, -0.2) is 4.39 Å². The summed E-state index contributed by atoms with van der Waals surface area (Å²) in [5.74, 6) is -0.565. The van der Waals surface area contributed by atoms with Crippen LogP contribution in [0.15, 0.2) is 18.2 Å². The predicted octanol–water partition coefficient (Wildman–Crippen LogP) is 1.25. The molecule has 0 bridgehead atoms. The predicted molar refractivity (Wildman–Crippen MR) is 67.7 cm³/mol. The van der Waals surface area contributed by atoms with Crippen molar-refractivity contribution in [3.8, 4) is 11.8 Å². The lowest BCUT2D eigenvalue weighted by Gasteiger charge is -2.13. The van der Waals surface area contributed by atoms with Gasteiger partial charge in [0.1, 0.15) is 11.6 Å². The van der Waals surface area contributed by atoms with Crippen molar-refractivity contribution in [2.75, 3.05) is 13.2 Å². The summed E-state index contributed by atoms with van der Waals surface area (Å²) in [6.07, 6.45) is 0.233. The van der Waals surface area contributed by atoms with E-state index in [0.717, 1.165) is 0 Å². The highest BCUT2D eigenvalue weighted by Gasteiger charge is 2.11. The molecule has 0 radical (unpaired) electrons. The van der Waals surface area contributed by atoms with E-state index in [2.05, 4.69) is 5.32 Å². The molecule has 1 atom stereocenters. The first-order chi connectivity index (χ1) is 9.04. The highest BCUT2D eigenvalue weighted by Crippen LogP contribution is 2.24. The number of hydrogen-bond acceptors (Lipinski definition) is 4. The van der Waals surface area contributed by atoms with Crippen LogP contribution in [0.25, 0.3) is 0 Å². The van der Waals surface area contributed by atoms with Crippen LogP contribution in [0.2, 0.25) is 0 Å². The number of ether oxygens (including phenoxy) is 1. The molecule has 0 saturated carbocycles. The van der Waals surface area contributed by atoms with Crippen molar-refractivity contribution < 1.29 is 13.9 Å². The molecule has 1 aromatic carbocycles. The third-order valence-corrected chi connectivity index (χ3v) is 2.38. The summed E-state index contributed by atoms with van der Waals surface area (Å²) >= 11 is 0. The fraction of sp³-hybridized carbons (Fsp3) is 0.385. The summed E-state index contributed by atoms with van der Waals surface area (Å²) in [7, 11) is 0. The minimum absolute atomic E-state index is 0.233. The van der Waals surface area contributed by atoms with E-state index in [-0.39, 0.29) is 37.3 Å². The highest BCUT2D eigenvalue weighted by atomic mass is 19.1. The Kier molecular flexibility index (Phi) is 5.76. The van der Waals surface area contributed by atoms with Crippen LogP contribution < -0.4 is 15.8 Å². The van der Waals surface area contributed by atoms with Crippen molar-refractivity contribution in [3.05, 3.63) is 29.6 Å². The summed E-state index contributed by atoms with van der Waals surface area (Å²) < 4.78 is 18.4. The molecule has 0 heterocycles. The zero-order chi connectivity index (χ0) is 14.3. The quantitative estimate of drug-likeness (QED) is 0.758. The van der Waals surface area contributed by atoms with Crippen LogP contribution in [0.4, 0.5) is 4.39 Å². The van der Waals surface area contributed by atoms with E-state index in [4.69, 9.17) is 15.7 Å². The van der Waals surface area contributed by atoms with Gasteiger partial charge in [-0.3, -0.25) is 4.79 Å². The van der Waals surface area contributed by atoms with Gasteiger partial charge in [0, 0.05) is 24.2 Å². The molecule has 0 spiro atoms. The third kappa shape index (κ3) is 4.94. The molecule has 1 aromatic rings. The summed E-state index contributed by atoms with van der Waals surface area (Å²) in [4.78, 5) is 11.4. The van der Waals surface area contributed by atoms with E-state index < -0.39 is 5.82 Å². The van der Waals surface area contributed by atoms with Gasteiger partial charge in [0.25, 0.3) is 5.91 Å². The molecule has 5 nitrogen and oxygen atoms in total. The Morgan fingerprint density at radius 3 is 3.00 bits per heavy atom. The molecular weight excluding hydrogens is 249 g/mol. The van der Waals surface area contributed by atoms with Crippen LogP contribution in [-0.4, -0.2) is 19.1 Å². The van der Waals surface area contributed by atoms with Crippen LogP contribution in [0.1, 0.15) is 24.9 Å². The van der Waals surface area contributed by atoms with E-state index in [1.807, 2.05) is 6.07 Å². The van der Waals surface area contributed by atoms with Gasteiger partial charge in [0.15, 0.2) is 6.61 Å². The van der Waals surface area contributed by atoms with Crippen LogP contribution in [0, 0.1) is 17.1 Å². The van der Waals surface area contributed by atoms with Crippen molar-refractivity contribution in [2.45, 2.75) is 19.4 Å². The average molecular weight is 265 g/mol. The molecule has 0 aliphatic heterocycles. The first-order valence-corrected chi connectivity index (χ1v) is 5.86. The number of hydrogen-bond donors (Lipinski definition) is 2. The lowest BCUT2D eigenvalue weighted by molar-refractivity contribution is -0.123. The molecule has 1 unspecified atom stereocenters. The van der Waals surface area contributed by atoms with Crippen molar-refractivity contribution in [3.63, 3.8) is 0 Å². The van der Waals surface area contributed by atoms with Gasteiger partial charge in [0.2, 0.25) is 0 Å². The number of nitrogens with zero attached hydrogens (tertiary/aromatic N) is 1. The van der Waals surface area contributed by atoms with E-state index in [1.54, 1.807) is 6.92 Å². The Morgan fingerprint density at radius 1 is 1.63 bits per heavy atom. The fourth-order valence-corrected chi connectivity index (χ4v) is 1.46. The second-order valence-electron chi connectivity index (χ2n) is 4.02. The highest BCUT2D eigenvalue weighted by molar-refractivity contribution is 5.77. The Morgan fingerprint density at radius 2 is 2.37 bits per heavy atom. The molecule has 0 aliphatic rings. The molecule has 0 fully saturated rings. The van der Waals surface area contributed by atoms with Crippen molar-refractivity contribution in [2.24, 2.45) is 5.73 Å². The number of benzene rings is 1. The number of amides is 1. The van der Waals surface area contributed by atoms with Gasteiger partial charge in [-0.2, -0.15) is 5.26 Å². The first kappa shape index (κ1) is 14.9. The first-order valence-electron chi connectivity index (χ1n) is 5.86. The zero-order valence-electron chi connectivity index (χ0n) is 10.6. The summed E-state index contributed by atoms with van der Waals surface area (Å²) in [6.45, 7) is 1.77. The van der Waals surface area contributed by atoms with Crippen LogP contribution in [0.5, 0.6) is 5.75 Å². The van der Waals surface area contributed by atoms with Crippen molar-refractivity contribution in [1.82, 2.24) is 5.32 Å². The standard InChI is InChI=1S/C13H16FN3O2/c1-9(16)11-4-3-10(14)7-12(11)19-8-13(18)17-6-2-5-15/h3-4,7,9H,2,6,8,16H2,1H3,(H,17,18). The molecular formula is C13H16FN3O2. The number of nitrogens with two attached hydrogens (primary N) is 1. The largest absolute Gasteiger partial charge is 0.483 e. The molecule has 19 heavy (non-hydrogen) atoms. The number of halogens is 1. The van der Waals surface area contributed by atoms with Gasteiger partial charge in [-0.05, 0) is 13.0 Å². The molecule has 3 N–H and O–H groups in total. The number of carbonyl (C=O) groups is 1. The average Bonchev–Trinajstić information content (AvgIpc) is 2.36. The lowest BCUT2D eigenvalue weighted by atomic mass is 10.1. The van der Waals surface area contributed by atoms with Gasteiger partial charge in [-0.15, -0.1) is 0 Å². The number of nitriles is 1. The van der Waals surface area contributed by atoms with Gasteiger partial charge < -0.3 is 15.8 Å². The van der Waals surface area contributed by atoms with Gasteiger partial charge in [-0.1, -0.05) is 6.07 Å².